The van der Waals surface area contributed by atoms with E-state index in [1.54, 1.807) is 36.4 Å². The highest BCUT2D eigenvalue weighted by Crippen LogP contribution is 2.47. The number of nitrogens with two attached hydrogens (primary N) is 1. The molecule has 0 bridgehead atoms. The molecule has 38 heavy (non-hydrogen) atoms. The van der Waals surface area contributed by atoms with Crippen LogP contribution >= 0.6 is 0 Å². The van der Waals surface area contributed by atoms with Crippen LogP contribution in [0.1, 0.15) is 65.6 Å². The number of fused-ring (bicyclic) bond motifs is 5. The van der Waals surface area contributed by atoms with E-state index >= 15 is 4.39 Å². The number of benzene rings is 1. The molecule has 9 nitrogen and oxygen atoms in total. The van der Waals surface area contributed by atoms with Crippen LogP contribution in [0, 0.1) is 12.7 Å². The van der Waals surface area contributed by atoms with E-state index in [1.807, 2.05) is 0 Å². The van der Waals surface area contributed by atoms with Crippen molar-refractivity contribution in [2.75, 3.05) is 13.6 Å². The van der Waals surface area contributed by atoms with E-state index in [9.17, 15) is 19.5 Å². The van der Waals surface area contributed by atoms with Crippen molar-refractivity contribution in [2.45, 2.75) is 64.3 Å². The van der Waals surface area contributed by atoms with Gasteiger partial charge in [-0.3, -0.25) is 9.59 Å². The van der Waals surface area contributed by atoms with Crippen molar-refractivity contribution in [3.63, 3.8) is 0 Å². The second kappa shape index (κ2) is 8.44. The first-order valence-corrected chi connectivity index (χ1v) is 12.9. The number of ether oxygens (including phenoxy) is 1. The van der Waals surface area contributed by atoms with Gasteiger partial charge in [0.15, 0.2) is 5.60 Å². The van der Waals surface area contributed by atoms with E-state index < -0.39 is 11.6 Å². The molecule has 2 aliphatic heterocycles. The Labute approximate surface area is 218 Å². The van der Waals surface area contributed by atoms with Crippen molar-refractivity contribution >= 4 is 22.8 Å². The molecule has 4 heterocycles. The Morgan fingerprint density at radius 2 is 2.08 bits per heavy atom. The maximum absolute atomic E-state index is 15.0. The Hall–Kier alpha value is -3.63. The number of aryl methyl sites for hydroxylation is 1. The average Bonchev–Trinajstić information content (AvgIpc) is 3.28. The molecule has 0 unspecified atom stereocenters. The number of pyridine rings is 2. The molecule has 0 spiro atoms. The lowest BCUT2D eigenvalue weighted by Gasteiger charge is -2.35. The van der Waals surface area contributed by atoms with Gasteiger partial charge >= 0.3 is 5.97 Å². The molecule has 198 valence electrons. The molecule has 3 aliphatic rings. The molecule has 1 aromatic carbocycles. The predicted molar refractivity (Wildman–Crippen MR) is 137 cm³/mol. The zero-order chi connectivity index (χ0) is 27.1. The molecule has 10 heteroatoms. The van der Waals surface area contributed by atoms with Crippen molar-refractivity contribution in [3.05, 3.63) is 61.7 Å². The number of nitrogens with zero attached hydrogens (tertiary/aromatic N) is 3. The Morgan fingerprint density at radius 1 is 1.32 bits per heavy atom. The Morgan fingerprint density at radius 3 is 2.79 bits per heavy atom. The molecular formula is C28H29FN4O5. The lowest BCUT2D eigenvalue weighted by atomic mass is 9.81. The van der Waals surface area contributed by atoms with Gasteiger partial charge in [0, 0.05) is 42.6 Å². The van der Waals surface area contributed by atoms with Crippen LogP contribution in [0.4, 0.5) is 4.39 Å². The highest BCUT2D eigenvalue weighted by molar-refractivity contribution is 5.94. The largest absolute Gasteiger partial charge is 0.458 e. The minimum atomic E-state index is -1.94. The third kappa shape index (κ3) is 3.16. The number of aliphatic hydroxyl groups is 1. The predicted octanol–water partition coefficient (Wildman–Crippen LogP) is 2.32. The van der Waals surface area contributed by atoms with E-state index in [-0.39, 0.29) is 67.0 Å². The maximum Gasteiger partial charge on any atom is 0.343 e. The van der Waals surface area contributed by atoms with Gasteiger partial charge in [-0.15, -0.1) is 0 Å². The third-order valence-corrected chi connectivity index (χ3v) is 8.57. The Kier molecular flexibility index (Phi) is 5.48. The van der Waals surface area contributed by atoms with Gasteiger partial charge in [-0.05, 0) is 48.9 Å². The van der Waals surface area contributed by atoms with Crippen LogP contribution in [0.25, 0.3) is 22.3 Å². The number of carbonyl (C=O) groups is 2. The van der Waals surface area contributed by atoms with Crippen molar-refractivity contribution in [3.8, 4) is 11.4 Å². The van der Waals surface area contributed by atoms with Gasteiger partial charge in [-0.1, -0.05) is 6.92 Å². The number of amides is 1. The minimum Gasteiger partial charge on any atom is -0.458 e. The van der Waals surface area contributed by atoms with E-state index in [0.717, 1.165) is 22.1 Å². The lowest BCUT2D eigenvalue weighted by molar-refractivity contribution is -0.172. The van der Waals surface area contributed by atoms with Gasteiger partial charge in [-0.2, -0.15) is 0 Å². The van der Waals surface area contributed by atoms with Crippen molar-refractivity contribution in [2.24, 2.45) is 5.73 Å². The smallest absolute Gasteiger partial charge is 0.343 e. The van der Waals surface area contributed by atoms with Crippen LogP contribution in [0.5, 0.6) is 0 Å². The van der Waals surface area contributed by atoms with Crippen LogP contribution in [0.15, 0.2) is 16.9 Å². The fourth-order valence-corrected chi connectivity index (χ4v) is 6.39. The average molecular weight is 521 g/mol. The summed E-state index contributed by atoms with van der Waals surface area (Å²) in [4.78, 5) is 45.6. The minimum absolute atomic E-state index is 0.0367. The Balaban J connectivity index is 1.65. The molecule has 6 rings (SSSR count). The molecular weight excluding hydrogens is 491 g/mol. The van der Waals surface area contributed by atoms with Crippen LogP contribution in [0.3, 0.4) is 0 Å². The van der Waals surface area contributed by atoms with Gasteiger partial charge in [0.1, 0.15) is 12.4 Å². The lowest BCUT2D eigenvalue weighted by Crippen LogP contribution is -2.44. The summed E-state index contributed by atoms with van der Waals surface area (Å²) in [5, 5.41) is 12.0. The summed E-state index contributed by atoms with van der Waals surface area (Å²) in [6.07, 6.45) is 1.42. The third-order valence-electron chi connectivity index (χ3n) is 8.57. The van der Waals surface area contributed by atoms with E-state index in [2.05, 4.69) is 0 Å². The summed E-state index contributed by atoms with van der Waals surface area (Å²) in [5.74, 6) is -1.25. The van der Waals surface area contributed by atoms with Gasteiger partial charge < -0.3 is 25.0 Å². The van der Waals surface area contributed by atoms with Gasteiger partial charge in [0.25, 0.3) is 5.56 Å². The van der Waals surface area contributed by atoms with Crippen LogP contribution in [-0.4, -0.2) is 45.0 Å². The summed E-state index contributed by atoms with van der Waals surface area (Å²) < 4.78 is 21.7. The number of carbonyl (C=O) groups excluding carboxylic acids is 2. The highest BCUT2D eigenvalue weighted by Gasteiger charge is 2.46. The number of rotatable bonds is 4. The molecule has 0 saturated carbocycles. The summed E-state index contributed by atoms with van der Waals surface area (Å²) in [6, 6.07) is 2.74. The summed E-state index contributed by atoms with van der Waals surface area (Å²) in [6.45, 7) is 3.62. The second-order valence-electron chi connectivity index (χ2n) is 10.4. The number of aromatic nitrogens is 2. The van der Waals surface area contributed by atoms with Crippen molar-refractivity contribution in [1.82, 2.24) is 14.5 Å². The monoisotopic (exact) mass is 520 g/mol. The fraction of sp³-hybridized carbons (Fsp3) is 0.429. The number of hydrogen-bond donors (Lipinski definition) is 2. The first kappa shape index (κ1) is 24.7. The molecule has 3 aromatic rings. The molecule has 3 N–H and O–H groups in total. The van der Waals surface area contributed by atoms with Crippen molar-refractivity contribution in [1.29, 1.82) is 0 Å². The van der Waals surface area contributed by atoms with Gasteiger partial charge in [0.05, 0.1) is 35.1 Å². The fourth-order valence-electron chi connectivity index (χ4n) is 6.39. The van der Waals surface area contributed by atoms with Crippen molar-refractivity contribution < 1.29 is 23.8 Å². The van der Waals surface area contributed by atoms with E-state index in [1.165, 1.54) is 6.07 Å². The van der Waals surface area contributed by atoms with E-state index in [4.69, 9.17) is 15.5 Å². The summed E-state index contributed by atoms with van der Waals surface area (Å²) in [7, 11) is 1.75. The molecule has 1 amide bonds. The quantitative estimate of drug-likeness (QED) is 0.395. The maximum atomic E-state index is 15.0. The number of halogens is 1. The zero-order valence-corrected chi connectivity index (χ0v) is 21.6. The molecule has 2 aromatic heterocycles. The van der Waals surface area contributed by atoms with E-state index in [0.29, 0.717) is 35.3 Å². The number of esters is 1. The van der Waals surface area contributed by atoms with Crippen LogP contribution in [0.2, 0.25) is 0 Å². The first-order chi connectivity index (χ1) is 18.1. The number of hydrogen-bond acceptors (Lipinski definition) is 7. The topological polar surface area (TPSA) is 128 Å². The van der Waals surface area contributed by atoms with Gasteiger partial charge in [-0.25, -0.2) is 14.2 Å². The Bertz CT molecular complexity index is 1630. The number of cyclic esters (lactones) is 1. The van der Waals surface area contributed by atoms with Crippen LogP contribution < -0.4 is 11.3 Å². The molecule has 2 atom stereocenters. The molecule has 0 saturated heterocycles. The summed E-state index contributed by atoms with van der Waals surface area (Å²) >= 11 is 0. The molecule has 1 aliphatic carbocycles. The second-order valence-corrected chi connectivity index (χ2v) is 10.4. The van der Waals surface area contributed by atoms with Crippen LogP contribution in [-0.2, 0) is 39.5 Å². The standard InChI is InChI=1S/C28H29FN4O5/c1-4-28(37)17-9-21-25-15(11-33(21)26(35)16(17)12-38-27(28)36)24-20(32(3)22(34)7-8-30)6-5-14-13(2)18(29)10-19(31-25)23(14)24/h9-10,20,37H,4-8,11-12,30H2,1-3H3/t20-,28-/m0/s1. The van der Waals surface area contributed by atoms with Gasteiger partial charge in [0.2, 0.25) is 5.91 Å². The zero-order valence-electron chi connectivity index (χ0n) is 21.6. The molecule has 0 radical (unpaired) electrons. The SMILES string of the molecule is CC[C@@]1(O)C(=O)OCc2c1cc1n(c2=O)Cc2c-1nc1cc(F)c(C)c3c1c2[C@@H](N(C)C(=O)CCN)CC3. The summed E-state index contributed by atoms with van der Waals surface area (Å²) in [5.41, 5.74) is 8.27. The normalized spacial score (nSPS) is 21.1. The highest BCUT2D eigenvalue weighted by atomic mass is 19.1. The first-order valence-electron chi connectivity index (χ1n) is 12.9. The molecule has 0 fully saturated rings.